The fraction of sp³-hybridized carbons (Fsp3) is 0.0625. The molecule has 3 rings (SSSR count). The Morgan fingerprint density at radius 2 is 1.92 bits per heavy atom. The van der Waals surface area contributed by atoms with E-state index in [0.29, 0.717) is 33.0 Å². The summed E-state index contributed by atoms with van der Waals surface area (Å²) in [5.41, 5.74) is 2.32. The van der Waals surface area contributed by atoms with E-state index in [1.165, 1.54) is 18.2 Å². The Balaban J connectivity index is 2.13. The van der Waals surface area contributed by atoms with Crippen molar-refractivity contribution >= 4 is 43.8 Å². The van der Waals surface area contributed by atoms with E-state index in [0.717, 1.165) is 6.26 Å². The molecule has 0 amide bonds. The molecule has 3 aromatic rings. The van der Waals surface area contributed by atoms with Gasteiger partial charge in [0.2, 0.25) is 0 Å². The molecule has 1 heterocycles. The summed E-state index contributed by atoms with van der Waals surface area (Å²) in [7, 11) is -3.46. The van der Waals surface area contributed by atoms with E-state index in [2.05, 4.69) is 15.3 Å². The van der Waals surface area contributed by atoms with Crippen molar-refractivity contribution < 1.29 is 8.42 Å². The van der Waals surface area contributed by atoms with E-state index in [1.807, 2.05) is 6.07 Å². The molecule has 1 aromatic heterocycles. The van der Waals surface area contributed by atoms with Crippen LogP contribution in [-0.4, -0.2) is 24.6 Å². The van der Waals surface area contributed by atoms with Crippen molar-refractivity contribution in [3.05, 3.63) is 53.3 Å². The zero-order chi connectivity index (χ0) is 17.3. The summed E-state index contributed by atoms with van der Waals surface area (Å²) in [5, 5.41) is 12.4. The van der Waals surface area contributed by atoms with Crippen LogP contribution in [0.4, 0.5) is 11.4 Å². The van der Waals surface area contributed by atoms with Gasteiger partial charge in [0.15, 0.2) is 9.84 Å². The summed E-state index contributed by atoms with van der Waals surface area (Å²) in [6.45, 7) is 0. The number of nitrogens with zero attached hydrogens (tertiary/aromatic N) is 3. The minimum atomic E-state index is -3.46. The lowest BCUT2D eigenvalue weighted by atomic mass is 10.2. The molecular formula is C16H11ClN4O2S. The van der Waals surface area contributed by atoms with Crippen molar-refractivity contribution in [3.63, 3.8) is 0 Å². The van der Waals surface area contributed by atoms with E-state index in [-0.39, 0.29) is 4.90 Å². The van der Waals surface area contributed by atoms with Crippen molar-refractivity contribution in [2.45, 2.75) is 4.90 Å². The minimum absolute atomic E-state index is 0.0943. The highest BCUT2D eigenvalue weighted by Gasteiger charge is 2.15. The second-order valence-electron chi connectivity index (χ2n) is 5.10. The van der Waals surface area contributed by atoms with Crippen LogP contribution in [0.2, 0.25) is 5.02 Å². The van der Waals surface area contributed by atoms with Crippen LogP contribution < -0.4 is 5.32 Å². The molecule has 0 atom stereocenters. The third-order valence-electron chi connectivity index (χ3n) is 3.31. The van der Waals surface area contributed by atoms with E-state index in [4.69, 9.17) is 16.9 Å². The third-order valence-corrected chi connectivity index (χ3v) is 4.76. The molecule has 0 spiro atoms. The average molecular weight is 359 g/mol. The maximum absolute atomic E-state index is 12.0. The lowest BCUT2D eigenvalue weighted by Gasteiger charge is -2.12. The number of nitrogens with one attached hydrogen (secondary N) is 1. The van der Waals surface area contributed by atoms with Crippen molar-refractivity contribution in [3.8, 4) is 6.07 Å². The smallest absolute Gasteiger partial charge is 0.177 e. The molecule has 6 nitrogen and oxygen atoms in total. The highest BCUT2D eigenvalue weighted by Crippen LogP contribution is 2.30. The normalized spacial score (nSPS) is 11.2. The number of anilines is 2. The average Bonchev–Trinajstić information content (AvgIpc) is 2.53. The van der Waals surface area contributed by atoms with Crippen LogP contribution in [-0.2, 0) is 9.84 Å². The number of hydrogen-bond acceptors (Lipinski definition) is 6. The maximum Gasteiger partial charge on any atom is 0.177 e. The molecule has 0 aliphatic rings. The van der Waals surface area contributed by atoms with Gasteiger partial charge < -0.3 is 5.32 Å². The Bertz CT molecular complexity index is 1090. The first kappa shape index (κ1) is 16.2. The van der Waals surface area contributed by atoms with Crippen molar-refractivity contribution in [1.82, 2.24) is 9.97 Å². The van der Waals surface area contributed by atoms with E-state index in [9.17, 15) is 8.42 Å². The van der Waals surface area contributed by atoms with E-state index in [1.54, 1.807) is 24.5 Å². The molecule has 0 aliphatic heterocycles. The first-order valence-electron chi connectivity index (χ1n) is 6.80. The summed E-state index contributed by atoms with van der Waals surface area (Å²) in [6.07, 6.45) is 4.19. The lowest BCUT2D eigenvalue weighted by Crippen LogP contribution is -2.03. The van der Waals surface area contributed by atoms with Crippen LogP contribution in [0.5, 0.6) is 0 Å². The Morgan fingerprint density at radius 3 is 2.62 bits per heavy atom. The number of halogens is 1. The number of aromatic nitrogens is 2. The number of rotatable bonds is 3. The summed E-state index contributed by atoms with van der Waals surface area (Å²) in [4.78, 5) is 8.44. The fourth-order valence-electron chi connectivity index (χ4n) is 2.28. The van der Waals surface area contributed by atoms with Gasteiger partial charge in [-0.1, -0.05) is 11.6 Å². The summed E-state index contributed by atoms with van der Waals surface area (Å²) in [6, 6.07) is 9.66. The molecule has 1 N–H and O–H groups in total. The Morgan fingerprint density at radius 1 is 1.17 bits per heavy atom. The van der Waals surface area contributed by atoms with Gasteiger partial charge in [-0.3, -0.25) is 9.97 Å². The van der Waals surface area contributed by atoms with E-state index < -0.39 is 9.84 Å². The number of hydrogen-bond donors (Lipinski definition) is 1. The fourth-order valence-corrected chi connectivity index (χ4v) is 3.37. The molecule has 0 aliphatic carbocycles. The van der Waals surface area contributed by atoms with Crippen LogP contribution in [0.1, 0.15) is 5.56 Å². The Labute approximate surface area is 143 Å². The molecular weight excluding hydrogens is 348 g/mol. The second kappa shape index (κ2) is 6.07. The standard InChI is InChI=1S/C16H11ClN4O2S/c1-24(22,23)15-3-2-10(9-18)6-13(15)21-11-7-12(17)16-14(8-11)19-4-5-20-16/h2-8,21H,1H3. The quantitative estimate of drug-likeness (QED) is 0.771. The van der Waals surface area contributed by atoms with Crippen molar-refractivity contribution in [2.75, 3.05) is 11.6 Å². The number of fused-ring (bicyclic) bond motifs is 1. The summed E-state index contributed by atoms with van der Waals surface area (Å²) < 4.78 is 23.9. The van der Waals surface area contributed by atoms with Gasteiger partial charge in [-0.2, -0.15) is 5.26 Å². The molecule has 0 fully saturated rings. The highest BCUT2D eigenvalue weighted by atomic mass is 35.5. The molecule has 24 heavy (non-hydrogen) atoms. The van der Waals surface area contributed by atoms with Crippen LogP contribution in [0, 0.1) is 11.3 Å². The zero-order valence-corrected chi connectivity index (χ0v) is 14.1. The molecule has 0 bridgehead atoms. The topological polar surface area (TPSA) is 95.7 Å². The Hall–Kier alpha value is -2.69. The van der Waals surface area contributed by atoms with Gasteiger partial charge >= 0.3 is 0 Å². The van der Waals surface area contributed by atoms with Gasteiger partial charge in [0, 0.05) is 24.3 Å². The predicted molar refractivity (Wildman–Crippen MR) is 92.1 cm³/mol. The molecule has 8 heteroatoms. The van der Waals surface area contributed by atoms with Gasteiger partial charge in [-0.15, -0.1) is 0 Å². The maximum atomic E-state index is 12.0. The van der Waals surface area contributed by atoms with Crippen molar-refractivity contribution in [2.24, 2.45) is 0 Å². The highest BCUT2D eigenvalue weighted by molar-refractivity contribution is 7.90. The third kappa shape index (κ3) is 3.15. The molecule has 2 aromatic carbocycles. The molecule has 120 valence electrons. The number of benzene rings is 2. The number of sulfone groups is 1. The first-order chi connectivity index (χ1) is 11.4. The van der Waals surface area contributed by atoms with Gasteiger partial charge in [0.1, 0.15) is 5.52 Å². The van der Waals surface area contributed by atoms with Crippen LogP contribution in [0.3, 0.4) is 0 Å². The molecule has 0 saturated heterocycles. The van der Waals surface area contributed by atoms with Gasteiger partial charge in [0.05, 0.1) is 32.8 Å². The van der Waals surface area contributed by atoms with Gasteiger partial charge in [-0.25, -0.2) is 8.42 Å². The van der Waals surface area contributed by atoms with Crippen LogP contribution >= 0.6 is 11.6 Å². The summed E-state index contributed by atoms with van der Waals surface area (Å²) >= 11 is 6.20. The second-order valence-corrected chi connectivity index (χ2v) is 7.49. The van der Waals surface area contributed by atoms with Crippen molar-refractivity contribution in [1.29, 1.82) is 5.26 Å². The minimum Gasteiger partial charge on any atom is -0.354 e. The molecule has 0 radical (unpaired) electrons. The monoisotopic (exact) mass is 358 g/mol. The Kier molecular flexibility index (Phi) is 4.09. The van der Waals surface area contributed by atoms with Crippen LogP contribution in [0.25, 0.3) is 11.0 Å². The first-order valence-corrected chi connectivity index (χ1v) is 9.07. The molecule has 0 unspecified atom stereocenters. The lowest BCUT2D eigenvalue weighted by molar-refractivity contribution is 0.602. The van der Waals surface area contributed by atoms with E-state index >= 15 is 0 Å². The predicted octanol–water partition coefficient (Wildman–Crippen LogP) is 3.30. The molecule has 0 saturated carbocycles. The number of nitriles is 1. The SMILES string of the molecule is CS(=O)(=O)c1ccc(C#N)cc1Nc1cc(Cl)c2nccnc2c1. The van der Waals surface area contributed by atoms with Gasteiger partial charge in [-0.05, 0) is 30.3 Å². The summed E-state index contributed by atoms with van der Waals surface area (Å²) in [5.74, 6) is 0. The van der Waals surface area contributed by atoms with Gasteiger partial charge in [0.25, 0.3) is 0 Å². The van der Waals surface area contributed by atoms with Crippen LogP contribution in [0.15, 0.2) is 47.6 Å². The zero-order valence-electron chi connectivity index (χ0n) is 12.5. The largest absolute Gasteiger partial charge is 0.354 e.